The number of nitrogens with one attached hydrogen (secondary N) is 1. The second-order valence-corrected chi connectivity index (χ2v) is 5.14. The Kier molecular flexibility index (Phi) is 2.41. The molecule has 0 fully saturated rings. The number of thioether (sulfide) groups is 1. The summed E-state index contributed by atoms with van der Waals surface area (Å²) in [5, 5.41) is 4.68. The Hall–Kier alpha value is -0.960. The molecule has 0 bridgehead atoms. The lowest BCUT2D eigenvalue weighted by Crippen LogP contribution is -2.32. The van der Waals surface area contributed by atoms with Crippen LogP contribution < -0.4 is 5.32 Å². The van der Waals surface area contributed by atoms with E-state index in [2.05, 4.69) is 34.6 Å². The molecule has 0 amide bonds. The number of aliphatic imine (C=N–C) groups is 1. The summed E-state index contributed by atoms with van der Waals surface area (Å²) >= 11 is 1.85. The van der Waals surface area contributed by atoms with Gasteiger partial charge in [0.2, 0.25) is 0 Å². The van der Waals surface area contributed by atoms with Gasteiger partial charge in [0.05, 0.1) is 6.54 Å². The minimum absolute atomic E-state index is 0.562. The Morgan fingerprint density at radius 2 is 1.93 bits per heavy atom. The predicted octanol–water partition coefficient (Wildman–Crippen LogP) is 1.85. The van der Waals surface area contributed by atoms with Crippen LogP contribution in [0.2, 0.25) is 0 Å². The summed E-state index contributed by atoms with van der Waals surface area (Å²) < 4.78 is 0. The average Bonchev–Trinajstić information content (AvgIpc) is 2.86. The standard InChI is InChI=1S/C12H14N2S/c1-2-4-10-8-11(7-9(10)3-1)14-12-13-5-6-15-12/h1-4,11H,5-8H2,(H,13,14). The van der Waals surface area contributed by atoms with E-state index in [1.165, 1.54) is 11.1 Å². The molecule has 2 nitrogen and oxygen atoms in total. The fourth-order valence-corrected chi connectivity index (χ4v) is 3.07. The largest absolute Gasteiger partial charge is 0.362 e. The molecule has 78 valence electrons. The topological polar surface area (TPSA) is 24.4 Å². The Balaban J connectivity index is 1.68. The molecule has 0 atom stereocenters. The molecule has 1 aromatic rings. The molecular formula is C12H14N2S. The van der Waals surface area contributed by atoms with Crippen LogP contribution in [0.25, 0.3) is 0 Å². The van der Waals surface area contributed by atoms with Gasteiger partial charge in [-0.15, -0.1) is 0 Å². The third kappa shape index (κ3) is 1.88. The van der Waals surface area contributed by atoms with E-state index < -0.39 is 0 Å². The summed E-state index contributed by atoms with van der Waals surface area (Å²) in [5.41, 5.74) is 3.00. The van der Waals surface area contributed by atoms with Crippen molar-refractivity contribution < 1.29 is 0 Å². The number of fused-ring (bicyclic) bond motifs is 1. The summed E-state index contributed by atoms with van der Waals surface area (Å²) in [5.74, 6) is 1.14. The molecule has 0 radical (unpaired) electrons. The minimum atomic E-state index is 0.562. The van der Waals surface area contributed by atoms with Crippen molar-refractivity contribution in [2.24, 2.45) is 4.99 Å². The van der Waals surface area contributed by atoms with Gasteiger partial charge < -0.3 is 5.32 Å². The van der Waals surface area contributed by atoms with E-state index >= 15 is 0 Å². The molecule has 15 heavy (non-hydrogen) atoms. The van der Waals surface area contributed by atoms with Gasteiger partial charge in [-0.1, -0.05) is 36.0 Å². The van der Waals surface area contributed by atoms with Gasteiger partial charge in [-0.3, -0.25) is 4.99 Å². The smallest absolute Gasteiger partial charge is 0.156 e. The first-order chi connectivity index (χ1) is 7.42. The molecule has 3 heteroatoms. The van der Waals surface area contributed by atoms with Crippen LogP contribution in [0.1, 0.15) is 11.1 Å². The van der Waals surface area contributed by atoms with Crippen LogP contribution in [0.3, 0.4) is 0 Å². The lowest BCUT2D eigenvalue weighted by Gasteiger charge is -2.11. The summed E-state index contributed by atoms with van der Waals surface area (Å²) in [7, 11) is 0. The van der Waals surface area contributed by atoms with E-state index in [1.807, 2.05) is 11.8 Å². The lowest BCUT2D eigenvalue weighted by molar-refractivity contribution is 0.649. The van der Waals surface area contributed by atoms with Crippen LogP contribution >= 0.6 is 11.8 Å². The molecule has 1 heterocycles. The third-order valence-corrected chi connectivity index (χ3v) is 3.87. The number of hydrogen-bond donors (Lipinski definition) is 1. The van der Waals surface area contributed by atoms with Crippen molar-refractivity contribution in [2.75, 3.05) is 12.3 Å². The van der Waals surface area contributed by atoms with Gasteiger partial charge in [0.1, 0.15) is 0 Å². The van der Waals surface area contributed by atoms with Crippen molar-refractivity contribution in [1.29, 1.82) is 0 Å². The van der Waals surface area contributed by atoms with E-state index in [1.54, 1.807) is 0 Å². The fourth-order valence-electron chi connectivity index (χ4n) is 2.26. The van der Waals surface area contributed by atoms with E-state index in [-0.39, 0.29) is 0 Å². The average molecular weight is 218 g/mol. The molecule has 3 rings (SSSR count). The summed E-state index contributed by atoms with van der Waals surface area (Å²) in [6, 6.07) is 9.29. The Bertz CT molecular complexity index is 375. The molecule has 2 aliphatic rings. The molecule has 0 aromatic heterocycles. The van der Waals surface area contributed by atoms with Crippen LogP contribution in [0.5, 0.6) is 0 Å². The first kappa shape index (κ1) is 9.28. The van der Waals surface area contributed by atoms with Gasteiger partial charge >= 0.3 is 0 Å². The van der Waals surface area contributed by atoms with Crippen LogP contribution in [0, 0.1) is 0 Å². The highest BCUT2D eigenvalue weighted by molar-refractivity contribution is 8.14. The molecule has 1 N–H and O–H groups in total. The summed E-state index contributed by atoms with van der Waals surface area (Å²) in [6.07, 6.45) is 2.30. The minimum Gasteiger partial charge on any atom is -0.362 e. The maximum atomic E-state index is 4.43. The van der Waals surface area contributed by atoms with Crippen molar-refractivity contribution in [3.8, 4) is 0 Å². The van der Waals surface area contributed by atoms with Crippen molar-refractivity contribution in [3.05, 3.63) is 35.4 Å². The van der Waals surface area contributed by atoms with Crippen molar-refractivity contribution in [1.82, 2.24) is 5.32 Å². The highest BCUT2D eigenvalue weighted by atomic mass is 32.2. The van der Waals surface area contributed by atoms with Crippen LogP contribution in [0.4, 0.5) is 0 Å². The van der Waals surface area contributed by atoms with Gasteiger partial charge in [-0.2, -0.15) is 0 Å². The Morgan fingerprint density at radius 3 is 2.53 bits per heavy atom. The highest BCUT2D eigenvalue weighted by Crippen LogP contribution is 2.22. The van der Waals surface area contributed by atoms with E-state index in [0.717, 1.165) is 30.3 Å². The number of nitrogens with zero attached hydrogens (tertiary/aromatic N) is 1. The fraction of sp³-hybridized carbons (Fsp3) is 0.417. The first-order valence-corrected chi connectivity index (χ1v) is 6.41. The zero-order valence-electron chi connectivity index (χ0n) is 8.57. The molecule has 1 aliphatic heterocycles. The third-order valence-electron chi connectivity index (χ3n) is 2.96. The number of hydrogen-bond acceptors (Lipinski definition) is 3. The molecular weight excluding hydrogens is 204 g/mol. The van der Waals surface area contributed by atoms with Crippen LogP contribution in [-0.2, 0) is 12.8 Å². The Morgan fingerprint density at radius 1 is 1.20 bits per heavy atom. The van der Waals surface area contributed by atoms with Gasteiger partial charge in [0, 0.05) is 11.8 Å². The maximum absolute atomic E-state index is 4.43. The van der Waals surface area contributed by atoms with Gasteiger partial charge in [0.25, 0.3) is 0 Å². The number of amidine groups is 1. The second-order valence-electron chi connectivity index (χ2n) is 4.05. The van der Waals surface area contributed by atoms with Crippen LogP contribution in [-0.4, -0.2) is 23.5 Å². The molecule has 0 unspecified atom stereocenters. The highest BCUT2D eigenvalue weighted by Gasteiger charge is 2.22. The summed E-state index contributed by atoms with van der Waals surface area (Å²) in [4.78, 5) is 4.43. The van der Waals surface area contributed by atoms with Crippen LogP contribution in [0.15, 0.2) is 29.3 Å². The molecule has 0 spiro atoms. The van der Waals surface area contributed by atoms with E-state index in [4.69, 9.17) is 0 Å². The SMILES string of the molecule is c1ccc2c(c1)CC(NC1=NCCS1)C2. The number of benzene rings is 1. The van der Waals surface area contributed by atoms with Crippen molar-refractivity contribution >= 4 is 16.9 Å². The zero-order valence-corrected chi connectivity index (χ0v) is 9.39. The number of rotatable bonds is 1. The molecule has 1 aliphatic carbocycles. The monoisotopic (exact) mass is 218 g/mol. The second kappa shape index (κ2) is 3.89. The molecule has 1 aromatic carbocycles. The molecule has 0 saturated heterocycles. The zero-order chi connectivity index (χ0) is 10.1. The Labute approximate surface area is 94.2 Å². The van der Waals surface area contributed by atoms with Crippen molar-refractivity contribution in [3.63, 3.8) is 0 Å². The van der Waals surface area contributed by atoms with E-state index in [0.29, 0.717) is 6.04 Å². The molecule has 0 saturated carbocycles. The normalized spacial score (nSPS) is 20.1. The maximum Gasteiger partial charge on any atom is 0.156 e. The van der Waals surface area contributed by atoms with Gasteiger partial charge in [-0.25, -0.2) is 0 Å². The quantitative estimate of drug-likeness (QED) is 0.778. The summed E-state index contributed by atoms with van der Waals surface area (Å²) in [6.45, 7) is 0.979. The first-order valence-electron chi connectivity index (χ1n) is 5.42. The van der Waals surface area contributed by atoms with Crippen molar-refractivity contribution in [2.45, 2.75) is 18.9 Å². The lowest BCUT2D eigenvalue weighted by atomic mass is 10.1. The van der Waals surface area contributed by atoms with Gasteiger partial charge in [-0.05, 0) is 24.0 Å². The van der Waals surface area contributed by atoms with E-state index in [9.17, 15) is 0 Å². The van der Waals surface area contributed by atoms with Gasteiger partial charge in [0.15, 0.2) is 5.17 Å². The predicted molar refractivity (Wildman–Crippen MR) is 65.5 cm³/mol.